The number of hydrogen-bond acceptors (Lipinski definition) is 5. The zero-order chi connectivity index (χ0) is 14.7. The van der Waals surface area contributed by atoms with E-state index in [1.54, 1.807) is 23.3 Å². The highest BCUT2D eigenvalue weighted by atomic mass is 16.5. The lowest BCUT2D eigenvalue weighted by Crippen LogP contribution is -2.02. The number of nitrogen functional groups attached to an aromatic ring is 1. The largest absolute Gasteiger partial charge is 0.477 e. The molecule has 2 aromatic heterocycles. The van der Waals surface area contributed by atoms with Crippen molar-refractivity contribution in [3.8, 4) is 22.8 Å². The monoisotopic (exact) mass is 281 g/mol. The Bertz CT molecular complexity index is 753. The van der Waals surface area contributed by atoms with Gasteiger partial charge in [0, 0.05) is 17.4 Å². The van der Waals surface area contributed by atoms with Gasteiger partial charge < -0.3 is 10.5 Å². The van der Waals surface area contributed by atoms with Crippen LogP contribution in [0.5, 0.6) is 5.88 Å². The van der Waals surface area contributed by atoms with E-state index in [4.69, 9.17) is 10.5 Å². The third-order valence-corrected chi connectivity index (χ3v) is 2.93. The van der Waals surface area contributed by atoms with Gasteiger partial charge in [0.2, 0.25) is 5.88 Å². The average molecular weight is 281 g/mol. The molecule has 3 aromatic rings. The quantitative estimate of drug-likeness (QED) is 0.742. The Balaban J connectivity index is 1.93. The molecule has 106 valence electrons. The molecule has 0 spiro atoms. The summed E-state index contributed by atoms with van der Waals surface area (Å²) in [4.78, 5) is 8.46. The molecule has 1 aromatic carbocycles. The fourth-order valence-electron chi connectivity index (χ4n) is 1.98. The number of rotatable bonds is 4. The van der Waals surface area contributed by atoms with E-state index in [-0.39, 0.29) is 0 Å². The van der Waals surface area contributed by atoms with Crippen molar-refractivity contribution in [2.24, 2.45) is 0 Å². The Hall–Kier alpha value is -2.89. The Morgan fingerprint density at radius 2 is 2.10 bits per heavy atom. The minimum atomic E-state index is 0.482. The summed E-state index contributed by atoms with van der Waals surface area (Å²) in [5, 5.41) is 4.31. The number of benzene rings is 1. The zero-order valence-corrected chi connectivity index (χ0v) is 11.6. The molecule has 0 saturated carbocycles. The Labute approximate surface area is 122 Å². The standard InChI is InChI=1S/C15H15N5O/c1-2-21-15-9-17-8-14(19-15)20-10-12(7-18-20)11-4-3-5-13(16)6-11/h3-10H,2,16H2,1H3. The van der Waals surface area contributed by atoms with Gasteiger partial charge in [-0.2, -0.15) is 10.1 Å². The van der Waals surface area contributed by atoms with Crippen LogP contribution in [0.2, 0.25) is 0 Å². The van der Waals surface area contributed by atoms with Crippen LogP contribution in [0.15, 0.2) is 49.1 Å². The first-order chi connectivity index (χ1) is 10.3. The van der Waals surface area contributed by atoms with E-state index >= 15 is 0 Å². The van der Waals surface area contributed by atoms with Crippen LogP contribution in [0.4, 0.5) is 5.69 Å². The summed E-state index contributed by atoms with van der Waals surface area (Å²) < 4.78 is 7.00. The third kappa shape index (κ3) is 2.84. The molecule has 0 aliphatic carbocycles. The van der Waals surface area contributed by atoms with Gasteiger partial charge in [-0.05, 0) is 24.6 Å². The zero-order valence-electron chi connectivity index (χ0n) is 11.6. The van der Waals surface area contributed by atoms with E-state index in [9.17, 15) is 0 Å². The van der Waals surface area contributed by atoms with E-state index in [0.717, 1.165) is 16.8 Å². The van der Waals surface area contributed by atoms with Crippen LogP contribution in [0.1, 0.15) is 6.92 Å². The first kappa shape index (κ1) is 13.1. The van der Waals surface area contributed by atoms with Crippen molar-refractivity contribution in [3.05, 3.63) is 49.1 Å². The fraction of sp³-hybridized carbons (Fsp3) is 0.133. The van der Waals surface area contributed by atoms with Gasteiger partial charge in [-0.15, -0.1) is 0 Å². The maximum absolute atomic E-state index is 5.80. The lowest BCUT2D eigenvalue weighted by atomic mass is 10.1. The molecule has 0 bridgehead atoms. The molecule has 0 aliphatic heterocycles. The lowest BCUT2D eigenvalue weighted by Gasteiger charge is -2.03. The lowest BCUT2D eigenvalue weighted by molar-refractivity contribution is 0.324. The van der Waals surface area contributed by atoms with Crippen molar-refractivity contribution in [2.75, 3.05) is 12.3 Å². The normalized spacial score (nSPS) is 10.5. The first-order valence-electron chi connectivity index (χ1n) is 6.62. The molecule has 6 nitrogen and oxygen atoms in total. The molecule has 21 heavy (non-hydrogen) atoms. The van der Waals surface area contributed by atoms with E-state index in [0.29, 0.717) is 18.3 Å². The molecular weight excluding hydrogens is 266 g/mol. The molecule has 2 heterocycles. The molecule has 6 heteroatoms. The third-order valence-electron chi connectivity index (χ3n) is 2.93. The molecule has 2 N–H and O–H groups in total. The Kier molecular flexibility index (Phi) is 3.51. The molecule has 0 amide bonds. The Morgan fingerprint density at radius 1 is 1.19 bits per heavy atom. The van der Waals surface area contributed by atoms with Crippen molar-refractivity contribution in [1.82, 2.24) is 19.7 Å². The summed E-state index contributed by atoms with van der Waals surface area (Å²) in [6.45, 7) is 2.45. The van der Waals surface area contributed by atoms with Crippen molar-refractivity contribution in [3.63, 3.8) is 0 Å². The van der Waals surface area contributed by atoms with Crippen molar-refractivity contribution in [2.45, 2.75) is 6.92 Å². The van der Waals surface area contributed by atoms with Gasteiger partial charge in [-0.3, -0.25) is 4.98 Å². The van der Waals surface area contributed by atoms with E-state index in [1.807, 2.05) is 37.4 Å². The highest BCUT2D eigenvalue weighted by Gasteiger charge is 2.06. The number of nitrogens with zero attached hydrogens (tertiary/aromatic N) is 4. The molecule has 0 fully saturated rings. The minimum absolute atomic E-state index is 0.482. The maximum Gasteiger partial charge on any atom is 0.234 e. The predicted molar refractivity (Wildman–Crippen MR) is 80.2 cm³/mol. The Morgan fingerprint density at radius 3 is 2.90 bits per heavy atom. The van der Waals surface area contributed by atoms with Crippen LogP contribution in [0.3, 0.4) is 0 Å². The summed E-state index contributed by atoms with van der Waals surface area (Å²) in [7, 11) is 0. The molecule has 0 atom stereocenters. The molecule has 0 aliphatic rings. The average Bonchev–Trinajstić information content (AvgIpc) is 2.98. The molecule has 0 radical (unpaired) electrons. The van der Waals surface area contributed by atoms with Crippen LogP contribution in [0, 0.1) is 0 Å². The topological polar surface area (TPSA) is 78.9 Å². The molecule has 3 rings (SSSR count). The number of aromatic nitrogens is 4. The summed E-state index contributed by atoms with van der Waals surface area (Å²) in [5.74, 6) is 1.09. The second kappa shape index (κ2) is 5.62. The maximum atomic E-state index is 5.80. The summed E-state index contributed by atoms with van der Waals surface area (Å²) in [5.41, 5.74) is 8.49. The van der Waals surface area contributed by atoms with Crippen LogP contribution in [-0.2, 0) is 0 Å². The number of hydrogen-bond donors (Lipinski definition) is 1. The van der Waals surface area contributed by atoms with Crippen LogP contribution >= 0.6 is 0 Å². The molecular formula is C15H15N5O. The number of anilines is 1. The predicted octanol–water partition coefficient (Wildman–Crippen LogP) is 2.31. The van der Waals surface area contributed by atoms with Gasteiger partial charge in [0.1, 0.15) is 0 Å². The van der Waals surface area contributed by atoms with Crippen LogP contribution in [-0.4, -0.2) is 26.4 Å². The highest BCUT2D eigenvalue weighted by Crippen LogP contribution is 2.21. The smallest absolute Gasteiger partial charge is 0.234 e. The van der Waals surface area contributed by atoms with Crippen molar-refractivity contribution in [1.29, 1.82) is 0 Å². The molecule has 0 unspecified atom stereocenters. The summed E-state index contributed by atoms with van der Waals surface area (Å²) in [6.07, 6.45) is 6.87. The van der Waals surface area contributed by atoms with Crippen molar-refractivity contribution >= 4 is 5.69 Å². The summed E-state index contributed by atoms with van der Waals surface area (Å²) >= 11 is 0. The van der Waals surface area contributed by atoms with Crippen LogP contribution in [0.25, 0.3) is 16.9 Å². The summed E-state index contributed by atoms with van der Waals surface area (Å²) in [6, 6.07) is 7.66. The second-order valence-corrected chi connectivity index (χ2v) is 4.45. The van der Waals surface area contributed by atoms with E-state index < -0.39 is 0 Å². The van der Waals surface area contributed by atoms with Crippen LogP contribution < -0.4 is 10.5 Å². The molecule has 0 saturated heterocycles. The van der Waals surface area contributed by atoms with Gasteiger partial charge in [0.05, 0.1) is 25.2 Å². The first-order valence-corrected chi connectivity index (χ1v) is 6.62. The van der Waals surface area contributed by atoms with Gasteiger partial charge >= 0.3 is 0 Å². The highest BCUT2D eigenvalue weighted by molar-refractivity contribution is 5.66. The SMILES string of the molecule is CCOc1cncc(-n2cc(-c3cccc(N)c3)cn2)n1. The van der Waals surface area contributed by atoms with Gasteiger partial charge in [0.25, 0.3) is 0 Å². The van der Waals surface area contributed by atoms with E-state index in [1.165, 1.54) is 0 Å². The van der Waals surface area contributed by atoms with Crippen molar-refractivity contribution < 1.29 is 4.74 Å². The number of ether oxygens (including phenoxy) is 1. The second-order valence-electron chi connectivity index (χ2n) is 4.45. The van der Waals surface area contributed by atoms with E-state index in [2.05, 4.69) is 15.1 Å². The number of nitrogens with two attached hydrogens (primary N) is 1. The van der Waals surface area contributed by atoms with Gasteiger partial charge in [-0.25, -0.2) is 4.68 Å². The van der Waals surface area contributed by atoms with Gasteiger partial charge in [0.15, 0.2) is 5.82 Å². The fourth-order valence-corrected chi connectivity index (χ4v) is 1.98. The van der Waals surface area contributed by atoms with Gasteiger partial charge in [-0.1, -0.05) is 12.1 Å². The minimum Gasteiger partial charge on any atom is -0.477 e.